The predicted octanol–water partition coefficient (Wildman–Crippen LogP) is 3.32. The maximum atomic E-state index is 11.1. The Bertz CT molecular complexity index is 291. The third kappa shape index (κ3) is 14.5. The Balaban J connectivity index is -0.000000448. The average molecular weight is 272 g/mol. The van der Waals surface area contributed by atoms with E-state index < -0.39 is 5.97 Å². The number of allylic oxidation sites excluding steroid dienone is 1. The normalized spacial score (nSPS) is 8.42. The first kappa shape index (κ1) is 22.7. The summed E-state index contributed by atoms with van der Waals surface area (Å²) in [5.41, 5.74) is 0.893. The van der Waals surface area contributed by atoms with Crippen LogP contribution in [-0.4, -0.2) is 32.1 Å². The molecule has 4 nitrogen and oxygen atoms in total. The van der Waals surface area contributed by atoms with Gasteiger partial charge in [0.05, 0.1) is 6.61 Å². The lowest BCUT2D eigenvalue weighted by Crippen LogP contribution is -2.07. The lowest BCUT2D eigenvalue weighted by molar-refractivity contribution is -0.138. The summed E-state index contributed by atoms with van der Waals surface area (Å²) in [6, 6.07) is 0. The Morgan fingerprint density at radius 2 is 1.42 bits per heavy atom. The number of rotatable bonds is 7. The van der Waals surface area contributed by atoms with Gasteiger partial charge in [-0.1, -0.05) is 20.6 Å². The number of Topliss-reactive ketones (excluding diaryl/α,β-unsaturated/α-hetero) is 1. The number of carbonyl (C=O) groups excluding carboxylic acids is 2. The quantitative estimate of drug-likeness (QED) is 0.527. The smallest absolute Gasteiger partial charge is 0.333 e. The summed E-state index contributed by atoms with van der Waals surface area (Å²) in [7, 11) is 1.68. The highest BCUT2D eigenvalue weighted by Crippen LogP contribution is 2.10. The van der Waals surface area contributed by atoms with Gasteiger partial charge in [0.2, 0.25) is 0 Å². The van der Waals surface area contributed by atoms with Gasteiger partial charge in [-0.15, -0.1) is 0 Å². The van der Waals surface area contributed by atoms with Crippen LogP contribution in [0.4, 0.5) is 0 Å². The van der Waals surface area contributed by atoms with E-state index in [9.17, 15) is 9.59 Å². The molecule has 0 saturated heterocycles. The highest BCUT2D eigenvalue weighted by Gasteiger charge is 2.09. The van der Waals surface area contributed by atoms with Gasteiger partial charge in [0.1, 0.15) is 0 Å². The topological polar surface area (TPSA) is 52.6 Å². The highest BCUT2D eigenvalue weighted by molar-refractivity contribution is 5.93. The number of carbonyl (C=O) groups is 2. The SMILES string of the molecule is C.C=C(CCC(=C)C(=O)OCC)C(C)=O.CCOC. The summed E-state index contributed by atoms with van der Waals surface area (Å²) in [4.78, 5) is 21.9. The number of hydrogen-bond donors (Lipinski definition) is 0. The van der Waals surface area contributed by atoms with Gasteiger partial charge in [-0.3, -0.25) is 4.79 Å². The summed E-state index contributed by atoms with van der Waals surface area (Å²) < 4.78 is 9.29. The van der Waals surface area contributed by atoms with Gasteiger partial charge >= 0.3 is 5.97 Å². The van der Waals surface area contributed by atoms with Crippen LogP contribution in [0.1, 0.15) is 41.0 Å². The molecule has 19 heavy (non-hydrogen) atoms. The van der Waals surface area contributed by atoms with Crippen molar-refractivity contribution in [3.63, 3.8) is 0 Å². The van der Waals surface area contributed by atoms with Crippen molar-refractivity contribution in [3.05, 3.63) is 24.3 Å². The number of ketones is 1. The van der Waals surface area contributed by atoms with Gasteiger partial charge < -0.3 is 9.47 Å². The van der Waals surface area contributed by atoms with Crippen LogP contribution in [-0.2, 0) is 19.1 Å². The second-order valence-electron chi connectivity index (χ2n) is 3.56. The first-order valence-corrected chi connectivity index (χ1v) is 5.93. The number of hydrogen-bond acceptors (Lipinski definition) is 4. The van der Waals surface area contributed by atoms with Crippen LogP contribution >= 0.6 is 0 Å². The molecule has 0 aromatic heterocycles. The Kier molecular flexibility index (Phi) is 17.5. The minimum Gasteiger partial charge on any atom is -0.463 e. The van der Waals surface area contributed by atoms with Crippen molar-refractivity contribution in [2.75, 3.05) is 20.3 Å². The van der Waals surface area contributed by atoms with Gasteiger partial charge in [0.15, 0.2) is 5.78 Å². The second-order valence-corrected chi connectivity index (χ2v) is 3.56. The zero-order valence-electron chi connectivity index (χ0n) is 11.9. The summed E-state index contributed by atoms with van der Waals surface area (Å²) in [5.74, 6) is -0.453. The average Bonchev–Trinajstić information content (AvgIpc) is 2.35. The van der Waals surface area contributed by atoms with E-state index in [1.54, 1.807) is 14.0 Å². The number of esters is 1. The maximum absolute atomic E-state index is 11.1. The van der Waals surface area contributed by atoms with E-state index in [2.05, 4.69) is 17.9 Å². The molecule has 0 saturated carbocycles. The summed E-state index contributed by atoms with van der Waals surface area (Å²) in [6.45, 7) is 13.5. The monoisotopic (exact) mass is 272 g/mol. The van der Waals surface area contributed by atoms with E-state index in [-0.39, 0.29) is 13.2 Å². The zero-order valence-corrected chi connectivity index (χ0v) is 11.9. The first-order valence-electron chi connectivity index (χ1n) is 5.93. The largest absolute Gasteiger partial charge is 0.463 e. The van der Waals surface area contributed by atoms with Crippen molar-refractivity contribution in [2.24, 2.45) is 0 Å². The second kappa shape index (κ2) is 14.6. The van der Waals surface area contributed by atoms with E-state index in [4.69, 9.17) is 4.74 Å². The van der Waals surface area contributed by atoms with Crippen LogP contribution < -0.4 is 0 Å². The molecule has 0 heterocycles. The molecule has 112 valence electrons. The fourth-order valence-corrected chi connectivity index (χ4v) is 0.813. The molecule has 0 unspecified atom stereocenters. The van der Waals surface area contributed by atoms with Crippen molar-refractivity contribution in [3.8, 4) is 0 Å². The van der Waals surface area contributed by atoms with Crippen LogP contribution in [0.3, 0.4) is 0 Å². The highest BCUT2D eigenvalue weighted by atomic mass is 16.5. The fourth-order valence-electron chi connectivity index (χ4n) is 0.813. The Labute approximate surface area is 117 Å². The van der Waals surface area contributed by atoms with Crippen LogP contribution in [0.2, 0.25) is 0 Å². The minimum atomic E-state index is -0.399. The zero-order chi connectivity index (χ0) is 14.6. The van der Waals surface area contributed by atoms with Crippen molar-refractivity contribution in [1.82, 2.24) is 0 Å². The molecule has 0 fully saturated rings. The first-order chi connectivity index (χ1) is 8.40. The molecular weight excluding hydrogens is 244 g/mol. The molecule has 0 spiro atoms. The maximum Gasteiger partial charge on any atom is 0.333 e. The number of ether oxygens (including phenoxy) is 2. The van der Waals surface area contributed by atoms with Crippen LogP contribution in [0, 0.1) is 0 Å². The Morgan fingerprint density at radius 1 is 1.00 bits per heavy atom. The van der Waals surface area contributed by atoms with E-state index in [1.165, 1.54) is 6.92 Å². The molecule has 0 N–H and O–H groups in total. The number of methoxy groups -OCH3 is 1. The summed E-state index contributed by atoms with van der Waals surface area (Å²) in [5, 5.41) is 0. The van der Waals surface area contributed by atoms with Gasteiger partial charge in [-0.25, -0.2) is 4.79 Å². The van der Waals surface area contributed by atoms with Gasteiger partial charge in [-0.05, 0) is 39.2 Å². The lowest BCUT2D eigenvalue weighted by Gasteiger charge is -2.05. The van der Waals surface area contributed by atoms with Crippen LogP contribution in [0.15, 0.2) is 24.3 Å². The molecule has 4 heteroatoms. The molecule has 0 aromatic rings. The van der Waals surface area contributed by atoms with Crippen molar-refractivity contribution in [1.29, 1.82) is 0 Å². The van der Waals surface area contributed by atoms with Crippen molar-refractivity contribution < 1.29 is 19.1 Å². The van der Waals surface area contributed by atoms with Crippen molar-refractivity contribution in [2.45, 2.75) is 41.0 Å². The molecular formula is C15H28O4. The van der Waals surface area contributed by atoms with Gasteiger partial charge in [-0.2, -0.15) is 0 Å². The molecule has 0 aromatic carbocycles. The molecule has 0 amide bonds. The third-order valence-electron chi connectivity index (χ3n) is 2.08. The van der Waals surface area contributed by atoms with E-state index in [0.717, 1.165) is 6.61 Å². The molecule has 0 atom stereocenters. The molecule has 0 aliphatic heterocycles. The third-order valence-corrected chi connectivity index (χ3v) is 2.08. The summed E-state index contributed by atoms with van der Waals surface area (Å²) in [6.07, 6.45) is 0.893. The summed E-state index contributed by atoms with van der Waals surface area (Å²) >= 11 is 0. The van der Waals surface area contributed by atoms with Crippen LogP contribution in [0.25, 0.3) is 0 Å². The molecule has 0 radical (unpaired) electrons. The standard InChI is InChI=1S/C11H16O3.C3H8O.CH4/c1-5-14-11(13)9(3)7-6-8(2)10(4)12;1-3-4-2;/h2-3,5-7H2,1,4H3;3H2,1-2H3;1H4. The molecule has 0 rings (SSSR count). The Morgan fingerprint density at radius 3 is 1.74 bits per heavy atom. The van der Waals surface area contributed by atoms with Crippen LogP contribution in [0.5, 0.6) is 0 Å². The van der Waals surface area contributed by atoms with Crippen molar-refractivity contribution >= 4 is 11.8 Å². The fraction of sp³-hybridized carbons (Fsp3) is 0.600. The molecule has 0 aliphatic rings. The minimum absolute atomic E-state index is 0. The van der Waals surface area contributed by atoms with E-state index in [0.29, 0.717) is 30.6 Å². The molecule has 0 aliphatic carbocycles. The van der Waals surface area contributed by atoms with Gasteiger partial charge in [0.25, 0.3) is 0 Å². The molecule has 0 bridgehead atoms. The predicted molar refractivity (Wildman–Crippen MR) is 79.1 cm³/mol. The van der Waals surface area contributed by atoms with E-state index >= 15 is 0 Å². The Hall–Kier alpha value is -1.42. The lowest BCUT2D eigenvalue weighted by atomic mass is 10.0. The van der Waals surface area contributed by atoms with Gasteiger partial charge in [0, 0.05) is 19.3 Å². The van der Waals surface area contributed by atoms with E-state index in [1.807, 2.05) is 6.92 Å².